The summed E-state index contributed by atoms with van der Waals surface area (Å²) >= 11 is 0. The highest BCUT2D eigenvalue weighted by atomic mass is 19.1. The molecule has 1 N–H and O–H groups in total. The first-order valence-corrected chi connectivity index (χ1v) is 6.90. The minimum absolute atomic E-state index is 0.0684. The Morgan fingerprint density at radius 3 is 2.78 bits per heavy atom. The van der Waals surface area contributed by atoms with E-state index in [1.54, 1.807) is 19.2 Å². The zero-order chi connectivity index (χ0) is 16.6. The van der Waals surface area contributed by atoms with Crippen LogP contribution < -0.4 is 5.32 Å². The van der Waals surface area contributed by atoms with Gasteiger partial charge in [0.05, 0.1) is 6.04 Å². The predicted octanol–water partition coefficient (Wildman–Crippen LogP) is 2.20. The molecule has 2 aromatic heterocycles. The van der Waals surface area contributed by atoms with Gasteiger partial charge < -0.3 is 5.32 Å². The van der Waals surface area contributed by atoms with Gasteiger partial charge in [-0.2, -0.15) is 4.98 Å². The Morgan fingerprint density at radius 1 is 1.30 bits per heavy atom. The van der Waals surface area contributed by atoms with Gasteiger partial charge in [-0.1, -0.05) is 6.07 Å². The lowest BCUT2D eigenvalue weighted by Gasteiger charge is -2.13. The minimum atomic E-state index is -0.724. The standard InChI is InChI=1S/C15H13F2N5O/c1-8-5-6-18-15-20-13(21-22(8)15)14(23)19-9(2)11-4-3-10(16)7-12(11)17/h3-7,9H,1-2H3,(H,19,23). The molecular formula is C15H13F2N5O. The van der Waals surface area contributed by atoms with Gasteiger partial charge in [-0.3, -0.25) is 4.79 Å². The van der Waals surface area contributed by atoms with Crippen LogP contribution in [0.1, 0.15) is 34.8 Å². The molecule has 0 aliphatic rings. The highest BCUT2D eigenvalue weighted by Crippen LogP contribution is 2.18. The van der Waals surface area contributed by atoms with Crippen LogP contribution in [0.3, 0.4) is 0 Å². The second-order valence-corrected chi connectivity index (χ2v) is 5.09. The zero-order valence-corrected chi connectivity index (χ0v) is 12.4. The lowest BCUT2D eigenvalue weighted by atomic mass is 10.1. The number of hydrogen-bond acceptors (Lipinski definition) is 4. The molecule has 1 aromatic carbocycles. The SMILES string of the molecule is Cc1ccnc2nc(C(=O)NC(C)c3ccc(F)cc3F)nn12. The smallest absolute Gasteiger partial charge is 0.291 e. The van der Waals surface area contributed by atoms with Crippen molar-refractivity contribution in [2.24, 2.45) is 0 Å². The number of rotatable bonds is 3. The van der Waals surface area contributed by atoms with E-state index in [2.05, 4.69) is 20.4 Å². The van der Waals surface area contributed by atoms with Gasteiger partial charge >= 0.3 is 0 Å². The van der Waals surface area contributed by atoms with Crippen molar-refractivity contribution in [1.82, 2.24) is 24.9 Å². The van der Waals surface area contributed by atoms with E-state index in [1.165, 1.54) is 10.6 Å². The second-order valence-electron chi connectivity index (χ2n) is 5.09. The topological polar surface area (TPSA) is 72.2 Å². The van der Waals surface area contributed by atoms with Crippen molar-refractivity contribution in [3.8, 4) is 0 Å². The number of fused-ring (bicyclic) bond motifs is 1. The molecule has 3 aromatic rings. The largest absolute Gasteiger partial charge is 0.343 e. The van der Waals surface area contributed by atoms with E-state index < -0.39 is 23.6 Å². The van der Waals surface area contributed by atoms with Gasteiger partial charge in [0.15, 0.2) is 0 Å². The zero-order valence-electron chi connectivity index (χ0n) is 12.4. The fourth-order valence-electron chi connectivity index (χ4n) is 2.19. The molecule has 0 aliphatic heterocycles. The molecule has 3 rings (SSSR count). The number of aromatic nitrogens is 4. The summed E-state index contributed by atoms with van der Waals surface area (Å²) in [5, 5.41) is 6.66. The summed E-state index contributed by atoms with van der Waals surface area (Å²) in [5.74, 6) is -1.73. The Bertz CT molecular complexity index is 893. The van der Waals surface area contributed by atoms with Crippen LogP contribution in [0.2, 0.25) is 0 Å². The van der Waals surface area contributed by atoms with E-state index in [0.717, 1.165) is 17.8 Å². The number of nitrogens with zero attached hydrogens (tertiary/aromatic N) is 4. The molecule has 6 nitrogen and oxygen atoms in total. The summed E-state index contributed by atoms with van der Waals surface area (Å²) in [4.78, 5) is 20.3. The minimum Gasteiger partial charge on any atom is -0.343 e. The first-order valence-electron chi connectivity index (χ1n) is 6.90. The fraction of sp³-hybridized carbons (Fsp3) is 0.200. The van der Waals surface area contributed by atoms with Gasteiger partial charge in [-0.25, -0.2) is 18.3 Å². The highest BCUT2D eigenvalue weighted by molar-refractivity contribution is 5.91. The number of nitrogens with one attached hydrogen (secondary N) is 1. The third-order valence-corrected chi connectivity index (χ3v) is 3.41. The van der Waals surface area contributed by atoms with Crippen LogP contribution >= 0.6 is 0 Å². The quantitative estimate of drug-likeness (QED) is 0.804. The van der Waals surface area contributed by atoms with Crippen LogP contribution in [0.4, 0.5) is 8.78 Å². The molecule has 8 heteroatoms. The monoisotopic (exact) mass is 317 g/mol. The van der Waals surface area contributed by atoms with Crippen molar-refractivity contribution in [2.45, 2.75) is 19.9 Å². The fourth-order valence-corrected chi connectivity index (χ4v) is 2.19. The number of carbonyl (C=O) groups excluding carboxylic acids is 1. The first-order chi connectivity index (χ1) is 11.0. The second kappa shape index (κ2) is 5.71. The van der Waals surface area contributed by atoms with Crippen LogP contribution in [-0.2, 0) is 0 Å². The summed E-state index contributed by atoms with van der Waals surface area (Å²) in [6.45, 7) is 3.40. The Labute approximate surface area is 130 Å². The molecule has 0 saturated heterocycles. The number of carbonyl (C=O) groups is 1. The summed E-state index contributed by atoms with van der Waals surface area (Å²) < 4.78 is 28.1. The molecule has 0 saturated carbocycles. The van der Waals surface area contributed by atoms with Crippen LogP contribution in [0.5, 0.6) is 0 Å². The number of amides is 1. The van der Waals surface area contributed by atoms with Crippen molar-refractivity contribution in [1.29, 1.82) is 0 Å². The first kappa shape index (κ1) is 15.0. The van der Waals surface area contributed by atoms with E-state index in [9.17, 15) is 13.6 Å². The molecule has 0 bridgehead atoms. The van der Waals surface area contributed by atoms with Crippen molar-refractivity contribution in [2.75, 3.05) is 0 Å². The Balaban J connectivity index is 1.83. The van der Waals surface area contributed by atoms with Crippen molar-refractivity contribution >= 4 is 11.7 Å². The van der Waals surface area contributed by atoms with Crippen LogP contribution in [0, 0.1) is 18.6 Å². The maximum atomic E-state index is 13.7. The van der Waals surface area contributed by atoms with Crippen molar-refractivity contribution in [3.63, 3.8) is 0 Å². The molecule has 0 spiro atoms. The number of hydrogen-bond donors (Lipinski definition) is 1. The molecule has 23 heavy (non-hydrogen) atoms. The molecule has 1 unspecified atom stereocenters. The van der Waals surface area contributed by atoms with Crippen molar-refractivity contribution in [3.05, 3.63) is 59.2 Å². The van der Waals surface area contributed by atoms with Crippen LogP contribution in [-0.4, -0.2) is 25.5 Å². The van der Waals surface area contributed by atoms with E-state index in [-0.39, 0.29) is 11.4 Å². The summed E-state index contributed by atoms with van der Waals surface area (Å²) in [6.07, 6.45) is 1.57. The molecule has 0 fully saturated rings. The van der Waals surface area contributed by atoms with E-state index in [4.69, 9.17) is 0 Å². The molecule has 0 aliphatic carbocycles. The normalized spacial score (nSPS) is 12.3. The molecule has 2 heterocycles. The van der Waals surface area contributed by atoms with Crippen molar-refractivity contribution < 1.29 is 13.6 Å². The maximum absolute atomic E-state index is 13.7. The molecule has 1 amide bonds. The van der Waals surface area contributed by atoms with E-state index >= 15 is 0 Å². The summed E-state index contributed by atoms with van der Waals surface area (Å²) in [7, 11) is 0. The van der Waals surface area contributed by atoms with Gasteiger partial charge in [0, 0.05) is 23.5 Å². The average Bonchev–Trinajstić information content (AvgIpc) is 2.92. The van der Waals surface area contributed by atoms with Gasteiger partial charge in [-0.05, 0) is 26.0 Å². The summed E-state index contributed by atoms with van der Waals surface area (Å²) in [6, 6.07) is 4.27. The van der Waals surface area contributed by atoms with Gasteiger partial charge in [0.2, 0.25) is 5.82 Å². The summed E-state index contributed by atoms with van der Waals surface area (Å²) in [5.41, 5.74) is 0.956. The predicted molar refractivity (Wildman–Crippen MR) is 77.8 cm³/mol. The Kier molecular flexibility index (Phi) is 3.73. The van der Waals surface area contributed by atoms with E-state index in [1.807, 2.05) is 6.92 Å². The third-order valence-electron chi connectivity index (χ3n) is 3.41. The third kappa shape index (κ3) is 2.87. The number of halogens is 2. The van der Waals surface area contributed by atoms with Gasteiger partial charge in [-0.15, -0.1) is 5.10 Å². The van der Waals surface area contributed by atoms with Crippen LogP contribution in [0.25, 0.3) is 5.78 Å². The highest BCUT2D eigenvalue weighted by Gasteiger charge is 2.19. The molecule has 0 radical (unpaired) electrons. The average molecular weight is 317 g/mol. The molecular weight excluding hydrogens is 304 g/mol. The van der Waals surface area contributed by atoms with Gasteiger partial charge in [0.25, 0.3) is 11.7 Å². The van der Waals surface area contributed by atoms with Gasteiger partial charge in [0.1, 0.15) is 11.6 Å². The lowest BCUT2D eigenvalue weighted by molar-refractivity contribution is 0.0929. The Morgan fingerprint density at radius 2 is 2.09 bits per heavy atom. The molecule has 118 valence electrons. The Hall–Kier alpha value is -2.90. The van der Waals surface area contributed by atoms with Crippen LogP contribution in [0.15, 0.2) is 30.5 Å². The van der Waals surface area contributed by atoms with E-state index in [0.29, 0.717) is 5.78 Å². The molecule has 1 atom stereocenters. The number of aryl methyl sites for hydroxylation is 1. The lowest BCUT2D eigenvalue weighted by Crippen LogP contribution is -2.28. The maximum Gasteiger partial charge on any atom is 0.291 e. The number of benzene rings is 1.